The summed E-state index contributed by atoms with van der Waals surface area (Å²) in [6, 6.07) is 11.0. The van der Waals surface area contributed by atoms with E-state index in [0.717, 1.165) is 23.4 Å². The van der Waals surface area contributed by atoms with Crippen LogP contribution in [0.5, 0.6) is 0 Å². The minimum absolute atomic E-state index is 0.300. The Balaban J connectivity index is 2.24. The van der Waals surface area contributed by atoms with E-state index < -0.39 is 11.6 Å². The molecule has 1 N–H and O–H groups in total. The fraction of sp³-hybridized carbons (Fsp3) is 0.125. The third kappa shape index (κ3) is 2.37. The van der Waals surface area contributed by atoms with Crippen molar-refractivity contribution in [3.05, 3.63) is 65.4 Å². The molecule has 0 amide bonds. The van der Waals surface area contributed by atoms with E-state index in [1.807, 2.05) is 31.2 Å². The lowest BCUT2D eigenvalue weighted by atomic mass is 10.1. The number of aromatic nitrogens is 3. The van der Waals surface area contributed by atoms with Gasteiger partial charge in [-0.1, -0.05) is 23.4 Å². The van der Waals surface area contributed by atoms with Crippen LogP contribution in [0.15, 0.2) is 42.5 Å². The number of nitrogens with zero attached hydrogens (tertiary/aromatic N) is 3. The maximum Gasteiger partial charge on any atom is 0.159 e. The molecule has 3 aromatic rings. The zero-order valence-corrected chi connectivity index (χ0v) is 11.8. The second-order valence-corrected chi connectivity index (χ2v) is 4.87. The highest BCUT2D eigenvalue weighted by Crippen LogP contribution is 2.27. The molecule has 3 rings (SSSR count). The van der Waals surface area contributed by atoms with Crippen molar-refractivity contribution < 1.29 is 13.9 Å². The fourth-order valence-corrected chi connectivity index (χ4v) is 2.32. The Morgan fingerprint density at radius 3 is 2.55 bits per heavy atom. The Kier molecular flexibility index (Phi) is 3.68. The van der Waals surface area contributed by atoms with E-state index in [-0.39, 0.29) is 6.61 Å². The molecule has 1 aromatic heterocycles. The number of rotatable bonds is 3. The van der Waals surface area contributed by atoms with Gasteiger partial charge in [0.25, 0.3) is 0 Å². The van der Waals surface area contributed by atoms with Gasteiger partial charge < -0.3 is 5.11 Å². The molecule has 2 aromatic carbocycles. The lowest BCUT2D eigenvalue weighted by molar-refractivity contribution is 0.277. The first kappa shape index (κ1) is 14.3. The SMILES string of the molecule is Cc1ccccc1-n1nnc(CO)c1-c1ccc(F)c(F)c1. The Morgan fingerprint density at radius 1 is 1.09 bits per heavy atom. The summed E-state index contributed by atoms with van der Waals surface area (Å²) in [7, 11) is 0. The second kappa shape index (κ2) is 5.65. The highest BCUT2D eigenvalue weighted by molar-refractivity contribution is 5.65. The number of hydrogen-bond donors (Lipinski definition) is 1. The number of aryl methyl sites for hydroxylation is 1. The van der Waals surface area contributed by atoms with Gasteiger partial charge in [0.15, 0.2) is 11.6 Å². The number of para-hydroxylation sites is 1. The summed E-state index contributed by atoms with van der Waals surface area (Å²) in [5.41, 5.74) is 2.84. The summed E-state index contributed by atoms with van der Waals surface area (Å²) in [6.07, 6.45) is 0. The molecular weight excluding hydrogens is 288 g/mol. The van der Waals surface area contributed by atoms with E-state index in [0.29, 0.717) is 17.0 Å². The van der Waals surface area contributed by atoms with Gasteiger partial charge in [-0.05, 0) is 36.8 Å². The van der Waals surface area contributed by atoms with Crippen molar-refractivity contribution in [3.8, 4) is 16.9 Å². The molecule has 6 heteroatoms. The highest BCUT2D eigenvalue weighted by atomic mass is 19.2. The average Bonchev–Trinajstić information content (AvgIpc) is 2.94. The molecule has 0 bridgehead atoms. The topological polar surface area (TPSA) is 50.9 Å². The zero-order valence-electron chi connectivity index (χ0n) is 11.8. The van der Waals surface area contributed by atoms with E-state index in [9.17, 15) is 13.9 Å². The molecule has 0 aliphatic rings. The Labute approximate surface area is 125 Å². The molecule has 0 saturated heterocycles. The number of halogens is 2. The van der Waals surface area contributed by atoms with Crippen LogP contribution in [0.1, 0.15) is 11.3 Å². The molecular formula is C16H13F2N3O. The van der Waals surface area contributed by atoms with E-state index in [1.165, 1.54) is 10.7 Å². The van der Waals surface area contributed by atoms with E-state index in [1.54, 1.807) is 0 Å². The molecule has 1 heterocycles. The maximum absolute atomic E-state index is 13.5. The molecule has 0 spiro atoms. The van der Waals surface area contributed by atoms with Gasteiger partial charge in [0, 0.05) is 5.56 Å². The predicted molar refractivity (Wildman–Crippen MR) is 77.4 cm³/mol. The minimum atomic E-state index is -0.959. The zero-order chi connectivity index (χ0) is 15.7. The normalized spacial score (nSPS) is 10.9. The van der Waals surface area contributed by atoms with Gasteiger partial charge in [-0.15, -0.1) is 5.10 Å². The largest absolute Gasteiger partial charge is 0.390 e. The first-order valence-electron chi connectivity index (χ1n) is 6.68. The molecule has 0 atom stereocenters. The number of aliphatic hydroxyl groups excluding tert-OH is 1. The smallest absolute Gasteiger partial charge is 0.159 e. The molecule has 0 aliphatic heterocycles. The van der Waals surface area contributed by atoms with Crippen LogP contribution >= 0.6 is 0 Å². The second-order valence-electron chi connectivity index (χ2n) is 4.87. The van der Waals surface area contributed by atoms with Crippen molar-refractivity contribution in [2.75, 3.05) is 0 Å². The van der Waals surface area contributed by atoms with Gasteiger partial charge in [0.05, 0.1) is 12.3 Å². The summed E-state index contributed by atoms with van der Waals surface area (Å²) < 4.78 is 28.2. The Hall–Kier alpha value is -2.60. The van der Waals surface area contributed by atoms with E-state index in [2.05, 4.69) is 10.3 Å². The third-order valence-corrected chi connectivity index (χ3v) is 3.43. The van der Waals surface area contributed by atoms with E-state index >= 15 is 0 Å². The first-order valence-corrected chi connectivity index (χ1v) is 6.68. The average molecular weight is 301 g/mol. The van der Waals surface area contributed by atoms with Gasteiger partial charge >= 0.3 is 0 Å². The van der Waals surface area contributed by atoms with Crippen LogP contribution in [0, 0.1) is 18.6 Å². The van der Waals surface area contributed by atoms with Gasteiger partial charge in [0.2, 0.25) is 0 Å². The molecule has 112 valence electrons. The van der Waals surface area contributed by atoms with Crippen molar-refractivity contribution in [1.29, 1.82) is 0 Å². The molecule has 0 unspecified atom stereocenters. The highest BCUT2D eigenvalue weighted by Gasteiger charge is 2.18. The van der Waals surface area contributed by atoms with Crippen molar-refractivity contribution >= 4 is 0 Å². The molecule has 0 saturated carbocycles. The molecule has 0 aliphatic carbocycles. The van der Waals surface area contributed by atoms with Gasteiger partial charge in [-0.2, -0.15) is 0 Å². The van der Waals surface area contributed by atoms with Crippen molar-refractivity contribution in [2.24, 2.45) is 0 Å². The molecule has 0 radical (unpaired) electrons. The van der Waals surface area contributed by atoms with Crippen LogP contribution in [0.2, 0.25) is 0 Å². The maximum atomic E-state index is 13.5. The van der Waals surface area contributed by atoms with Crippen LogP contribution in [0.25, 0.3) is 16.9 Å². The summed E-state index contributed by atoms with van der Waals surface area (Å²) >= 11 is 0. The predicted octanol–water partition coefficient (Wildman–Crippen LogP) is 3.01. The summed E-state index contributed by atoms with van der Waals surface area (Å²) in [5.74, 6) is -1.89. The molecule has 22 heavy (non-hydrogen) atoms. The van der Waals surface area contributed by atoms with Gasteiger partial charge in [0.1, 0.15) is 11.4 Å². The monoisotopic (exact) mass is 301 g/mol. The van der Waals surface area contributed by atoms with Crippen LogP contribution in [-0.2, 0) is 6.61 Å². The summed E-state index contributed by atoms with van der Waals surface area (Å²) in [5, 5.41) is 17.4. The minimum Gasteiger partial charge on any atom is -0.390 e. The standard InChI is InChI=1S/C16H13F2N3O/c1-10-4-2-3-5-15(10)21-16(14(9-22)19-20-21)11-6-7-12(17)13(18)8-11/h2-8,22H,9H2,1H3. The summed E-state index contributed by atoms with van der Waals surface area (Å²) in [6.45, 7) is 1.56. The Morgan fingerprint density at radius 2 is 1.86 bits per heavy atom. The lowest BCUT2D eigenvalue weighted by Gasteiger charge is -2.10. The fourth-order valence-electron chi connectivity index (χ4n) is 2.32. The quantitative estimate of drug-likeness (QED) is 0.809. The van der Waals surface area contributed by atoms with Gasteiger partial charge in [-0.3, -0.25) is 0 Å². The van der Waals surface area contributed by atoms with E-state index in [4.69, 9.17) is 0 Å². The van der Waals surface area contributed by atoms with Crippen LogP contribution in [0.4, 0.5) is 8.78 Å². The van der Waals surface area contributed by atoms with Crippen molar-refractivity contribution in [1.82, 2.24) is 15.0 Å². The van der Waals surface area contributed by atoms with Gasteiger partial charge in [-0.25, -0.2) is 13.5 Å². The van der Waals surface area contributed by atoms with Crippen molar-refractivity contribution in [2.45, 2.75) is 13.5 Å². The van der Waals surface area contributed by atoms with Crippen molar-refractivity contribution in [3.63, 3.8) is 0 Å². The number of hydrogen-bond acceptors (Lipinski definition) is 3. The van der Waals surface area contributed by atoms with Crippen LogP contribution in [-0.4, -0.2) is 20.1 Å². The first-order chi connectivity index (χ1) is 10.6. The molecule has 4 nitrogen and oxygen atoms in total. The Bertz CT molecular complexity index is 830. The summed E-state index contributed by atoms with van der Waals surface area (Å²) in [4.78, 5) is 0. The van der Waals surface area contributed by atoms with Crippen LogP contribution < -0.4 is 0 Å². The number of benzene rings is 2. The third-order valence-electron chi connectivity index (χ3n) is 3.43. The lowest BCUT2D eigenvalue weighted by Crippen LogP contribution is -2.02. The number of aliphatic hydroxyl groups is 1. The molecule has 0 fully saturated rings. The van der Waals surface area contributed by atoms with Crippen LogP contribution in [0.3, 0.4) is 0 Å².